The third-order valence-electron chi connectivity index (χ3n) is 7.54. The van der Waals surface area contributed by atoms with E-state index < -0.39 is 0 Å². The van der Waals surface area contributed by atoms with E-state index in [2.05, 4.69) is 59.5 Å². The summed E-state index contributed by atoms with van der Waals surface area (Å²) in [5.74, 6) is -0.215. The molecule has 1 amide bonds. The number of aromatic nitrogens is 5. The van der Waals surface area contributed by atoms with Crippen LogP contribution in [-0.4, -0.2) is 73.9 Å². The summed E-state index contributed by atoms with van der Waals surface area (Å²) < 4.78 is 8.97. The highest BCUT2D eigenvalue weighted by molar-refractivity contribution is 5.92. The number of aryl methyl sites for hydroxylation is 1. The summed E-state index contributed by atoms with van der Waals surface area (Å²) in [6.07, 6.45) is 9.69. The van der Waals surface area contributed by atoms with Crippen LogP contribution in [-0.2, 0) is 23.9 Å². The van der Waals surface area contributed by atoms with Crippen LogP contribution in [0.4, 0.5) is 5.69 Å². The molecular formula is C28H36N10O2. The van der Waals surface area contributed by atoms with Crippen LogP contribution in [0.2, 0.25) is 0 Å². The maximum absolute atomic E-state index is 13.3. The van der Waals surface area contributed by atoms with Crippen molar-refractivity contribution in [1.29, 1.82) is 0 Å². The summed E-state index contributed by atoms with van der Waals surface area (Å²) in [4.78, 5) is 20.2. The van der Waals surface area contributed by atoms with Gasteiger partial charge in [-0.1, -0.05) is 17.3 Å². The van der Waals surface area contributed by atoms with Gasteiger partial charge in [0.25, 0.3) is 5.91 Å². The molecule has 210 valence electrons. The van der Waals surface area contributed by atoms with Gasteiger partial charge in [-0.15, -0.1) is 5.10 Å². The molecule has 0 saturated carbocycles. The highest BCUT2D eigenvalue weighted by atomic mass is 16.5. The average Bonchev–Trinajstić information content (AvgIpc) is 3.51. The molecular weight excluding hydrogens is 508 g/mol. The summed E-state index contributed by atoms with van der Waals surface area (Å²) in [7, 11) is 1.88. The van der Waals surface area contributed by atoms with Crippen LogP contribution >= 0.6 is 0 Å². The molecule has 1 saturated heterocycles. The SMILES string of the molecule is Cn1cc(NC2N=CC=C(c3ccc4c(c3)CN(C3COC3)CC[C@H]4NC(=O)c3cn(C(C)(C)C)nn3)N2)cn1. The Morgan fingerprint density at radius 2 is 2.05 bits per heavy atom. The summed E-state index contributed by atoms with van der Waals surface area (Å²) in [5.41, 5.74) is 5.31. The van der Waals surface area contributed by atoms with Crippen LogP contribution in [0.5, 0.6) is 0 Å². The number of fused-ring (bicyclic) bond motifs is 1. The molecule has 0 bridgehead atoms. The van der Waals surface area contributed by atoms with E-state index in [0.717, 1.165) is 55.2 Å². The minimum Gasteiger partial charge on any atom is -0.378 e. The Kier molecular flexibility index (Phi) is 6.88. The number of nitrogens with zero attached hydrogens (tertiary/aromatic N) is 7. The van der Waals surface area contributed by atoms with E-state index in [1.54, 1.807) is 21.8 Å². The van der Waals surface area contributed by atoms with Gasteiger partial charge < -0.3 is 20.7 Å². The second-order valence-corrected chi connectivity index (χ2v) is 11.6. The quantitative estimate of drug-likeness (QED) is 0.431. The van der Waals surface area contributed by atoms with Crippen LogP contribution in [0, 0.1) is 0 Å². The third kappa shape index (κ3) is 5.50. The molecule has 12 nitrogen and oxygen atoms in total. The number of anilines is 1. The number of amides is 1. The maximum atomic E-state index is 13.3. The monoisotopic (exact) mass is 544 g/mol. The maximum Gasteiger partial charge on any atom is 0.273 e. The van der Waals surface area contributed by atoms with E-state index in [9.17, 15) is 4.79 Å². The molecule has 3 N–H and O–H groups in total. The fourth-order valence-corrected chi connectivity index (χ4v) is 5.16. The van der Waals surface area contributed by atoms with Crippen molar-refractivity contribution >= 4 is 23.5 Å². The Hall–Kier alpha value is -4.03. The van der Waals surface area contributed by atoms with Gasteiger partial charge in [-0.05, 0) is 56.0 Å². The van der Waals surface area contributed by atoms with Gasteiger partial charge in [-0.3, -0.25) is 14.4 Å². The fourth-order valence-electron chi connectivity index (χ4n) is 5.16. The van der Waals surface area contributed by atoms with Crippen molar-refractivity contribution in [2.75, 3.05) is 25.1 Å². The molecule has 6 rings (SSSR count). The van der Waals surface area contributed by atoms with Crippen molar-refractivity contribution in [1.82, 2.24) is 40.3 Å². The zero-order valence-corrected chi connectivity index (χ0v) is 23.3. The van der Waals surface area contributed by atoms with E-state index in [0.29, 0.717) is 11.7 Å². The van der Waals surface area contributed by atoms with Crippen molar-refractivity contribution < 1.29 is 9.53 Å². The number of hydrogen-bond acceptors (Lipinski definition) is 9. The Bertz CT molecular complexity index is 1450. The lowest BCUT2D eigenvalue weighted by Gasteiger charge is -2.36. The number of allylic oxidation sites excluding steroid dienone is 1. The zero-order valence-electron chi connectivity index (χ0n) is 23.3. The van der Waals surface area contributed by atoms with Crippen LogP contribution < -0.4 is 16.0 Å². The molecule has 12 heteroatoms. The summed E-state index contributed by atoms with van der Waals surface area (Å²) >= 11 is 0. The molecule has 0 spiro atoms. The van der Waals surface area contributed by atoms with Crippen molar-refractivity contribution in [3.63, 3.8) is 0 Å². The van der Waals surface area contributed by atoms with Gasteiger partial charge in [0.15, 0.2) is 12.0 Å². The number of benzene rings is 1. The van der Waals surface area contributed by atoms with Gasteiger partial charge in [0.05, 0.1) is 48.9 Å². The fraction of sp³-hybridized carbons (Fsp3) is 0.464. The van der Waals surface area contributed by atoms with Crippen molar-refractivity contribution in [3.05, 3.63) is 65.2 Å². The third-order valence-corrected chi connectivity index (χ3v) is 7.54. The van der Waals surface area contributed by atoms with Gasteiger partial charge >= 0.3 is 0 Å². The number of nitrogens with one attached hydrogen (secondary N) is 3. The molecule has 40 heavy (non-hydrogen) atoms. The van der Waals surface area contributed by atoms with E-state index in [4.69, 9.17) is 4.74 Å². The standard InChI is InChI=1S/C28H36N10O2/c1-28(2,3)38-15-25(34-35-38)26(39)32-24-8-10-37(21-16-40-17-21)13-19-11-18(5-6-22(19)24)23-7-9-29-27(33-23)31-20-12-30-36(4)14-20/h5-7,9,11-12,14-15,21,24,27,31,33H,8,10,13,16-17H2,1-4H3,(H,32,39)/t24-,27?/m1/s1. The highest BCUT2D eigenvalue weighted by Crippen LogP contribution is 2.31. The molecule has 2 aromatic heterocycles. The van der Waals surface area contributed by atoms with E-state index in [1.165, 1.54) is 5.56 Å². The minimum absolute atomic E-state index is 0.141. The van der Waals surface area contributed by atoms with Crippen LogP contribution in [0.3, 0.4) is 0 Å². The molecule has 3 aliphatic rings. The zero-order chi connectivity index (χ0) is 27.9. The predicted molar refractivity (Wildman–Crippen MR) is 152 cm³/mol. The van der Waals surface area contributed by atoms with E-state index in [-0.39, 0.29) is 23.8 Å². The number of ether oxygens (including phenoxy) is 1. The first-order valence-electron chi connectivity index (χ1n) is 13.7. The van der Waals surface area contributed by atoms with Gasteiger partial charge in [0.1, 0.15) is 0 Å². The number of aliphatic imine (C=N–C) groups is 1. The normalized spacial score (nSPS) is 21.6. The first kappa shape index (κ1) is 26.2. The average molecular weight is 545 g/mol. The molecule has 5 heterocycles. The number of rotatable bonds is 6. The van der Waals surface area contributed by atoms with Gasteiger partial charge in [-0.25, -0.2) is 9.67 Å². The number of hydrogen-bond donors (Lipinski definition) is 3. The predicted octanol–water partition coefficient (Wildman–Crippen LogP) is 2.25. The van der Waals surface area contributed by atoms with Crippen LogP contribution in [0.1, 0.15) is 60.4 Å². The second kappa shape index (κ2) is 10.5. The Morgan fingerprint density at radius 3 is 2.75 bits per heavy atom. The molecule has 2 atom stereocenters. The molecule has 0 radical (unpaired) electrons. The first-order chi connectivity index (χ1) is 19.2. The van der Waals surface area contributed by atoms with Crippen molar-refractivity contribution in [3.8, 4) is 0 Å². The Balaban J connectivity index is 1.23. The first-order valence-corrected chi connectivity index (χ1v) is 13.7. The van der Waals surface area contributed by atoms with Gasteiger partial charge in [0, 0.05) is 38.2 Å². The van der Waals surface area contributed by atoms with Crippen LogP contribution in [0.25, 0.3) is 5.70 Å². The van der Waals surface area contributed by atoms with E-state index in [1.807, 2.05) is 46.3 Å². The summed E-state index contributed by atoms with van der Waals surface area (Å²) in [6.45, 7) is 9.23. The highest BCUT2D eigenvalue weighted by Gasteiger charge is 2.32. The van der Waals surface area contributed by atoms with Gasteiger partial charge in [0.2, 0.25) is 0 Å². The summed E-state index contributed by atoms with van der Waals surface area (Å²) in [5, 5.41) is 22.6. The van der Waals surface area contributed by atoms with Crippen molar-refractivity contribution in [2.45, 2.75) is 57.6 Å². The molecule has 1 aromatic carbocycles. The lowest BCUT2D eigenvalue weighted by atomic mass is 9.95. The lowest BCUT2D eigenvalue weighted by molar-refractivity contribution is -0.0678. The number of carbonyl (C=O) groups excluding carboxylic acids is 1. The van der Waals surface area contributed by atoms with Crippen molar-refractivity contribution in [2.24, 2.45) is 12.0 Å². The van der Waals surface area contributed by atoms with Gasteiger partial charge in [-0.2, -0.15) is 5.10 Å². The second-order valence-electron chi connectivity index (χ2n) is 11.6. The Morgan fingerprint density at radius 1 is 1.20 bits per heavy atom. The largest absolute Gasteiger partial charge is 0.378 e. The number of carbonyl (C=O) groups is 1. The molecule has 1 unspecified atom stereocenters. The topological polar surface area (TPSA) is 127 Å². The molecule has 1 fully saturated rings. The Labute approximate surface area is 233 Å². The lowest BCUT2D eigenvalue weighted by Crippen LogP contribution is -2.48. The minimum atomic E-state index is -0.305. The summed E-state index contributed by atoms with van der Waals surface area (Å²) in [6, 6.07) is 6.72. The smallest absolute Gasteiger partial charge is 0.273 e. The molecule has 3 aliphatic heterocycles. The molecule has 0 aliphatic carbocycles. The van der Waals surface area contributed by atoms with E-state index >= 15 is 0 Å². The van der Waals surface area contributed by atoms with Crippen LogP contribution in [0.15, 0.2) is 47.9 Å². The molecule has 3 aromatic rings.